The number of carbonyl (C=O) groups is 1. The summed E-state index contributed by atoms with van der Waals surface area (Å²) in [5, 5.41) is 5.95. The number of hydrogen-bond donors (Lipinski definition) is 2. The van der Waals surface area contributed by atoms with E-state index in [0.29, 0.717) is 28.8 Å². The largest absolute Gasteiger partial charge is 0.329 e. The molecule has 2 aromatic heterocycles. The van der Waals surface area contributed by atoms with Gasteiger partial charge in [0.15, 0.2) is 11.6 Å². The number of amides is 1. The van der Waals surface area contributed by atoms with Crippen LogP contribution in [0.15, 0.2) is 30.6 Å². The van der Waals surface area contributed by atoms with Gasteiger partial charge in [-0.2, -0.15) is 4.37 Å². The van der Waals surface area contributed by atoms with Crippen LogP contribution >= 0.6 is 11.5 Å². The first kappa shape index (κ1) is 23.1. The van der Waals surface area contributed by atoms with Gasteiger partial charge in [0, 0.05) is 50.4 Å². The minimum absolute atomic E-state index is 0.101. The van der Waals surface area contributed by atoms with Crippen molar-refractivity contribution >= 4 is 33.9 Å². The molecule has 12 heteroatoms. The van der Waals surface area contributed by atoms with Crippen molar-refractivity contribution in [3.05, 3.63) is 59.2 Å². The summed E-state index contributed by atoms with van der Waals surface area (Å²) in [5.41, 5.74) is 1.37. The van der Waals surface area contributed by atoms with Gasteiger partial charge in [-0.15, -0.1) is 0 Å². The summed E-state index contributed by atoms with van der Waals surface area (Å²) in [7, 11) is 0. The number of carbonyl (C=O) groups excluding carboxylic acids is 1. The van der Waals surface area contributed by atoms with E-state index in [0.717, 1.165) is 23.7 Å². The molecule has 0 aliphatic carbocycles. The number of aryl methyl sites for hydroxylation is 1. The number of benzene rings is 1. The summed E-state index contributed by atoms with van der Waals surface area (Å²) >= 11 is 1.04. The topological polar surface area (TPSA) is 83.0 Å². The molecular formula is C21H20F4N6OS. The van der Waals surface area contributed by atoms with Crippen LogP contribution in [0.2, 0.25) is 0 Å². The number of aromatic nitrogens is 3. The molecule has 7 nitrogen and oxygen atoms in total. The second kappa shape index (κ2) is 9.40. The first-order valence-electron chi connectivity index (χ1n) is 10.1. The number of halogens is 4. The minimum atomic E-state index is -2.62. The Hall–Kier alpha value is -3.12. The summed E-state index contributed by atoms with van der Waals surface area (Å²) in [6, 6.07) is 3.07. The molecule has 4 rings (SSSR count). The van der Waals surface area contributed by atoms with Crippen LogP contribution in [0.5, 0.6) is 0 Å². The van der Waals surface area contributed by atoms with E-state index in [9.17, 15) is 22.4 Å². The Morgan fingerprint density at radius 2 is 1.94 bits per heavy atom. The van der Waals surface area contributed by atoms with Gasteiger partial charge in [0.05, 0.1) is 23.1 Å². The first-order chi connectivity index (χ1) is 15.7. The van der Waals surface area contributed by atoms with E-state index in [1.54, 1.807) is 13.1 Å². The predicted molar refractivity (Wildman–Crippen MR) is 116 cm³/mol. The van der Waals surface area contributed by atoms with Crippen molar-refractivity contribution in [1.29, 1.82) is 0 Å². The van der Waals surface area contributed by atoms with Gasteiger partial charge in [0.25, 0.3) is 11.8 Å². The molecule has 0 bridgehead atoms. The van der Waals surface area contributed by atoms with Gasteiger partial charge >= 0.3 is 0 Å². The van der Waals surface area contributed by atoms with E-state index in [2.05, 4.69) is 25.0 Å². The molecule has 2 N–H and O–H groups in total. The van der Waals surface area contributed by atoms with E-state index in [4.69, 9.17) is 0 Å². The SMILES string of the molecule is Cc1nsc(Nc2cncc(CN3CCC(F)(F)CC3)n2)c1C(=O)Nc1ccc(F)c(F)c1. The molecule has 174 valence electrons. The van der Waals surface area contributed by atoms with Gasteiger partial charge in [0.1, 0.15) is 10.8 Å². The highest BCUT2D eigenvalue weighted by atomic mass is 32.1. The average molecular weight is 480 g/mol. The Kier molecular flexibility index (Phi) is 6.56. The van der Waals surface area contributed by atoms with Crippen LogP contribution < -0.4 is 10.6 Å². The maximum atomic E-state index is 13.5. The number of rotatable bonds is 6. The third kappa shape index (κ3) is 5.63. The lowest BCUT2D eigenvalue weighted by Crippen LogP contribution is -2.39. The van der Waals surface area contributed by atoms with Crippen molar-refractivity contribution in [3.8, 4) is 0 Å². The highest BCUT2D eigenvalue weighted by Crippen LogP contribution is 2.30. The minimum Gasteiger partial charge on any atom is -0.329 e. The second-order valence-electron chi connectivity index (χ2n) is 7.71. The molecule has 0 saturated carbocycles. The average Bonchev–Trinajstić information content (AvgIpc) is 3.12. The molecule has 33 heavy (non-hydrogen) atoms. The quantitative estimate of drug-likeness (QED) is 0.496. The van der Waals surface area contributed by atoms with Gasteiger partial charge in [0.2, 0.25) is 0 Å². The zero-order valence-electron chi connectivity index (χ0n) is 17.5. The standard InChI is InChI=1S/C21H20F4N6OS/c1-12-18(19(32)28-13-2-3-15(22)16(23)8-13)20(33-30-12)29-17-10-26-9-14(27-17)11-31-6-4-21(24,25)5-7-31/h2-3,8-10H,4-7,11H2,1H3,(H,27,29)(H,28,32). The molecule has 0 spiro atoms. The Morgan fingerprint density at radius 1 is 1.18 bits per heavy atom. The molecule has 1 amide bonds. The number of hydrogen-bond acceptors (Lipinski definition) is 7. The lowest BCUT2D eigenvalue weighted by molar-refractivity contribution is -0.0568. The van der Waals surface area contributed by atoms with Crippen LogP contribution in [0.3, 0.4) is 0 Å². The van der Waals surface area contributed by atoms with E-state index in [1.165, 1.54) is 12.3 Å². The Balaban J connectivity index is 1.46. The highest BCUT2D eigenvalue weighted by Gasteiger charge is 2.34. The maximum Gasteiger partial charge on any atom is 0.260 e. The van der Waals surface area contributed by atoms with Crippen molar-refractivity contribution in [3.63, 3.8) is 0 Å². The van der Waals surface area contributed by atoms with Gasteiger partial charge < -0.3 is 10.6 Å². The summed E-state index contributed by atoms with van der Waals surface area (Å²) in [6.45, 7) is 2.57. The Bertz CT molecular complexity index is 1160. The Labute approximate surface area is 191 Å². The molecule has 1 aliphatic heterocycles. The Morgan fingerprint density at radius 3 is 2.67 bits per heavy atom. The van der Waals surface area contributed by atoms with Gasteiger partial charge in [-0.05, 0) is 30.6 Å². The van der Waals surface area contributed by atoms with E-state index >= 15 is 0 Å². The second-order valence-corrected chi connectivity index (χ2v) is 8.48. The summed E-state index contributed by atoms with van der Waals surface area (Å²) in [4.78, 5) is 23.3. The fraction of sp³-hybridized carbons (Fsp3) is 0.333. The third-order valence-corrected chi connectivity index (χ3v) is 6.02. The fourth-order valence-corrected chi connectivity index (χ4v) is 4.22. The monoisotopic (exact) mass is 480 g/mol. The molecule has 0 radical (unpaired) electrons. The number of likely N-dealkylation sites (tertiary alicyclic amines) is 1. The molecule has 1 aliphatic rings. The van der Waals surface area contributed by atoms with Gasteiger partial charge in [-0.25, -0.2) is 22.5 Å². The zero-order chi connectivity index (χ0) is 23.6. The molecular weight excluding hydrogens is 460 g/mol. The number of piperidine rings is 1. The summed E-state index contributed by atoms with van der Waals surface area (Å²) < 4.78 is 57.5. The molecule has 3 heterocycles. The lowest BCUT2D eigenvalue weighted by atomic mass is 10.1. The molecule has 1 saturated heterocycles. The summed E-state index contributed by atoms with van der Waals surface area (Å²) in [5.74, 6) is -4.89. The van der Waals surface area contributed by atoms with Crippen LogP contribution in [0.1, 0.15) is 34.6 Å². The van der Waals surface area contributed by atoms with Gasteiger partial charge in [-0.3, -0.25) is 14.7 Å². The van der Waals surface area contributed by atoms with Gasteiger partial charge in [-0.1, -0.05) is 0 Å². The van der Waals surface area contributed by atoms with Crippen molar-refractivity contribution in [2.24, 2.45) is 0 Å². The first-order valence-corrected chi connectivity index (χ1v) is 10.9. The molecule has 1 aromatic carbocycles. The molecule has 0 atom stereocenters. The van der Waals surface area contributed by atoms with Crippen LogP contribution in [0.25, 0.3) is 0 Å². The number of nitrogens with one attached hydrogen (secondary N) is 2. The third-order valence-electron chi connectivity index (χ3n) is 5.17. The van der Waals surface area contributed by atoms with Crippen molar-refractivity contribution in [1.82, 2.24) is 19.2 Å². The van der Waals surface area contributed by atoms with E-state index in [-0.39, 0.29) is 37.2 Å². The smallest absolute Gasteiger partial charge is 0.260 e. The van der Waals surface area contributed by atoms with E-state index in [1.807, 2.05) is 4.90 Å². The van der Waals surface area contributed by atoms with Crippen LogP contribution in [0, 0.1) is 18.6 Å². The summed E-state index contributed by atoms with van der Waals surface area (Å²) in [6.07, 6.45) is 2.66. The molecule has 3 aromatic rings. The van der Waals surface area contributed by atoms with Crippen molar-refractivity contribution < 1.29 is 22.4 Å². The molecule has 0 unspecified atom stereocenters. The maximum absolute atomic E-state index is 13.5. The fourth-order valence-electron chi connectivity index (χ4n) is 3.42. The number of anilines is 3. The number of nitrogens with zero attached hydrogens (tertiary/aromatic N) is 4. The van der Waals surface area contributed by atoms with Crippen LogP contribution in [0.4, 0.5) is 34.1 Å². The van der Waals surface area contributed by atoms with Crippen LogP contribution in [-0.2, 0) is 6.54 Å². The van der Waals surface area contributed by atoms with E-state index < -0.39 is 23.5 Å². The zero-order valence-corrected chi connectivity index (χ0v) is 18.4. The predicted octanol–water partition coefficient (Wildman–Crippen LogP) is 4.75. The number of alkyl halides is 2. The highest BCUT2D eigenvalue weighted by molar-refractivity contribution is 7.10. The van der Waals surface area contributed by atoms with Crippen molar-refractivity contribution in [2.45, 2.75) is 32.2 Å². The van der Waals surface area contributed by atoms with Crippen LogP contribution in [-0.4, -0.2) is 44.2 Å². The lowest BCUT2D eigenvalue weighted by Gasteiger charge is -2.31. The van der Waals surface area contributed by atoms with Crippen molar-refractivity contribution in [2.75, 3.05) is 23.7 Å². The molecule has 1 fully saturated rings. The normalized spacial score (nSPS) is 15.9.